The molecule has 0 spiro atoms. The number of ether oxygens (including phenoxy) is 1. The van der Waals surface area contributed by atoms with E-state index in [4.69, 9.17) is 4.74 Å². The maximum atomic E-state index is 13.1. The summed E-state index contributed by atoms with van der Waals surface area (Å²) in [5.74, 6) is -0.00750. The number of aromatic nitrogens is 2. The molecule has 2 fully saturated rings. The molecule has 1 aromatic carbocycles. The second-order valence-corrected chi connectivity index (χ2v) is 7.67. The Labute approximate surface area is 160 Å². The third-order valence-corrected chi connectivity index (χ3v) is 5.70. The summed E-state index contributed by atoms with van der Waals surface area (Å²) in [5.41, 5.74) is 2.87. The monoisotopic (exact) mass is 368 g/mol. The van der Waals surface area contributed by atoms with E-state index in [2.05, 4.69) is 29.5 Å². The first-order chi connectivity index (χ1) is 13.1. The van der Waals surface area contributed by atoms with Gasteiger partial charge in [0.05, 0.1) is 25.2 Å². The highest BCUT2D eigenvalue weighted by molar-refractivity contribution is 5.92. The Morgan fingerprint density at radius 3 is 2.93 bits per heavy atom. The van der Waals surface area contributed by atoms with Crippen LogP contribution in [0.2, 0.25) is 0 Å². The Kier molecular flexibility index (Phi) is 5.27. The van der Waals surface area contributed by atoms with Crippen LogP contribution in [0, 0.1) is 6.92 Å². The summed E-state index contributed by atoms with van der Waals surface area (Å²) in [6.07, 6.45) is 4.10. The largest absolute Gasteiger partial charge is 0.370 e. The third-order valence-electron chi connectivity index (χ3n) is 5.70. The quantitative estimate of drug-likeness (QED) is 0.905. The zero-order valence-corrected chi connectivity index (χ0v) is 16.1. The third kappa shape index (κ3) is 3.77. The van der Waals surface area contributed by atoms with Crippen molar-refractivity contribution in [3.05, 3.63) is 53.3 Å². The van der Waals surface area contributed by atoms with Crippen LogP contribution in [0.5, 0.6) is 0 Å². The van der Waals surface area contributed by atoms with Crippen molar-refractivity contribution in [1.82, 2.24) is 20.0 Å². The average Bonchev–Trinajstić information content (AvgIpc) is 3.19. The molecule has 3 atom stereocenters. The summed E-state index contributed by atoms with van der Waals surface area (Å²) in [7, 11) is 0. The van der Waals surface area contributed by atoms with Crippen molar-refractivity contribution < 1.29 is 9.53 Å². The molecule has 1 amide bonds. The summed E-state index contributed by atoms with van der Waals surface area (Å²) in [5, 5.41) is 8.00. The van der Waals surface area contributed by atoms with Gasteiger partial charge in [-0.2, -0.15) is 5.10 Å². The van der Waals surface area contributed by atoms with Gasteiger partial charge in [-0.15, -0.1) is 0 Å². The number of carbonyl (C=O) groups is 1. The van der Waals surface area contributed by atoms with Crippen molar-refractivity contribution in [2.45, 2.75) is 44.9 Å². The number of piperidine rings is 1. The molecule has 27 heavy (non-hydrogen) atoms. The van der Waals surface area contributed by atoms with Crippen molar-refractivity contribution in [2.75, 3.05) is 26.2 Å². The second kappa shape index (κ2) is 7.82. The van der Waals surface area contributed by atoms with Gasteiger partial charge in [-0.05, 0) is 50.4 Å². The van der Waals surface area contributed by atoms with E-state index >= 15 is 0 Å². The highest BCUT2D eigenvalue weighted by Crippen LogP contribution is 2.28. The SMILES string of the molecule is Cc1ccccc1C1CN(C(=O)c2ccn(C3CCCNC3)n2)C(C)CO1. The predicted molar refractivity (Wildman–Crippen MR) is 104 cm³/mol. The van der Waals surface area contributed by atoms with Crippen LogP contribution in [0.1, 0.15) is 53.5 Å². The number of amides is 1. The van der Waals surface area contributed by atoms with Gasteiger partial charge in [0, 0.05) is 12.7 Å². The lowest BCUT2D eigenvalue weighted by molar-refractivity contribution is -0.0491. The van der Waals surface area contributed by atoms with Crippen LogP contribution in [-0.2, 0) is 4.74 Å². The maximum absolute atomic E-state index is 13.1. The van der Waals surface area contributed by atoms with E-state index in [1.54, 1.807) is 0 Å². The Morgan fingerprint density at radius 2 is 2.15 bits per heavy atom. The van der Waals surface area contributed by atoms with E-state index in [0.717, 1.165) is 31.5 Å². The molecule has 0 saturated carbocycles. The Bertz CT molecular complexity index is 797. The summed E-state index contributed by atoms with van der Waals surface area (Å²) in [6.45, 7) is 7.20. The fourth-order valence-electron chi connectivity index (χ4n) is 4.04. The number of aryl methyl sites for hydroxylation is 1. The van der Waals surface area contributed by atoms with Crippen LogP contribution >= 0.6 is 0 Å². The van der Waals surface area contributed by atoms with Gasteiger partial charge in [0.25, 0.3) is 5.91 Å². The fourth-order valence-corrected chi connectivity index (χ4v) is 4.04. The molecular weight excluding hydrogens is 340 g/mol. The first-order valence-electron chi connectivity index (χ1n) is 9.87. The van der Waals surface area contributed by atoms with E-state index in [1.807, 2.05) is 40.9 Å². The molecule has 4 rings (SSSR count). The Balaban J connectivity index is 1.50. The fraction of sp³-hybridized carbons (Fsp3) is 0.524. The summed E-state index contributed by atoms with van der Waals surface area (Å²) in [4.78, 5) is 15.1. The van der Waals surface area contributed by atoms with Gasteiger partial charge in [-0.25, -0.2) is 0 Å². The molecule has 3 unspecified atom stereocenters. The van der Waals surface area contributed by atoms with Gasteiger partial charge in [0.1, 0.15) is 11.8 Å². The van der Waals surface area contributed by atoms with Gasteiger partial charge in [0.15, 0.2) is 0 Å². The van der Waals surface area contributed by atoms with Crippen molar-refractivity contribution in [2.24, 2.45) is 0 Å². The molecule has 2 aliphatic heterocycles. The number of nitrogens with zero attached hydrogens (tertiary/aromatic N) is 3. The van der Waals surface area contributed by atoms with E-state index < -0.39 is 0 Å². The number of rotatable bonds is 3. The van der Waals surface area contributed by atoms with Gasteiger partial charge in [0.2, 0.25) is 0 Å². The van der Waals surface area contributed by atoms with Crippen molar-refractivity contribution in [3.8, 4) is 0 Å². The molecule has 6 nitrogen and oxygen atoms in total. The van der Waals surface area contributed by atoms with Crippen LogP contribution in [0.15, 0.2) is 36.5 Å². The van der Waals surface area contributed by atoms with Crippen LogP contribution in [-0.4, -0.2) is 52.9 Å². The highest BCUT2D eigenvalue weighted by Gasteiger charge is 2.32. The first-order valence-corrected chi connectivity index (χ1v) is 9.87. The minimum Gasteiger partial charge on any atom is -0.370 e. The number of benzene rings is 1. The molecule has 0 bridgehead atoms. The molecule has 6 heteroatoms. The second-order valence-electron chi connectivity index (χ2n) is 7.67. The van der Waals surface area contributed by atoms with Gasteiger partial charge in [-0.1, -0.05) is 24.3 Å². The molecule has 0 aliphatic carbocycles. The smallest absolute Gasteiger partial charge is 0.274 e. The van der Waals surface area contributed by atoms with Crippen LogP contribution in [0.3, 0.4) is 0 Å². The van der Waals surface area contributed by atoms with E-state index in [0.29, 0.717) is 24.9 Å². The zero-order chi connectivity index (χ0) is 18.8. The normalized spacial score (nSPS) is 26.1. The minimum absolute atomic E-state index is 0.00750. The molecule has 0 radical (unpaired) electrons. The summed E-state index contributed by atoms with van der Waals surface area (Å²) < 4.78 is 7.99. The maximum Gasteiger partial charge on any atom is 0.274 e. The van der Waals surface area contributed by atoms with Crippen LogP contribution < -0.4 is 5.32 Å². The van der Waals surface area contributed by atoms with Crippen molar-refractivity contribution in [3.63, 3.8) is 0 Å². The van der Waals surface area contributed by atoms with Crippen LogP contribution in [0.25, 0.3) is 0 Å². The van der Waals surface area contributed by atoms with Gasteiger partial charge < -0.3 is 15.0 Å². The number of hydrogen-bond donors (Lipinski definition) is 1. The Hall–Kier alpha value is -2.18. The predicted octanol–water partition coefficient (Wildman–Crippen LogP) is 2.72. The molecule has 3 heterocycles. The molecule has 2 saturated heterocycles. The van der Waals surface area contributed by atoms with Gasteiger partial charge in [-0.3, -0.25) is 9.48 Å². The van der Waals surface area contributed by atoms with Crippen molar-refractivity contribution in [1.29, 1.82) is 0 Å². The lowest BCUT2D eigenvalue weighted by Gasteiger charge is -2.38. The number of carbonyl (C=O) groups excluding carboxylic acids is 1. The number of hydrogen-bond acceptors (Lipinski definition) is 4. The molecular formula is C21H28N4O2. The van der Waals surface area contributed by atoms with E-state index in [1.165, 1.54) is 5.56 Å². The first kappa shape index (κ1) is 18.2. The minimum atomic E-state index is -0.0871. The Morgan fingerprint density at radius 1 is 1.30 bits per heavy atom. The van der Waals surface area contributed by atoms with Crippen LogP contribution in [0.4, 0.5) is 0 Å². The standard InChI is InChI=1S/C21H28N4O2/c1-15-6-3-4-8-18(15)20-13-24(16(2)14-27-20)21(26)19-9-11-25(23-19)17-7-5-10-22-12-17/h3-4,6,8-9,11,16-17,20,22H,5,7,10,12-14H2,1-2H3. The van der Waals surface area contributed by atoms with E-state index in [-0.39, 0.29) is 18.1 Å². The lowest BCUT2D eigenvalue weighted by Crippen LogP contribution is -2.48. The molecule has 2 aliphatic rings. The highest BCUT2D eigenvalue weighted by atomic mass is 16.5. The molecule has 1 N–H and O–H groups in total. The number of morpholine rings is 1. The molecule has 2 aromatic rings. The summed E-state index contributed by atoms with van der Waals surface area (Å²) >= 11 is 0. The van der Waals surface area contributed by atoms with Gasteiger partial charge >= 0.3 is 0 Å². The van der Waals surface area contributed by atoms with Crippen molar-refractivity contribution >= 4 is 5.91 Å². The van der Waals surface area contributed by atoms with E-state index in [9.17, 15) is 4.79 Å². The lowest BCUT2D eigenvalue weighted by atomic mass is 10.0. The topological polar surface area (TPSA) is 59.4 Å². The summed E-state index contributed by atoms with van der Waals surface area (Å²) in [6, 6.07) is 10.4. The number of nitrogens with one attached hydrogen (secondary N) is 1. The zero-order valence-electron chi connectivity index (χ0n) is 16.1. The molecule has 1 aromatic heterocycles. The average molecular weight is 368 g/mol. The molecule has 144 valence electrons.